The van der Waals surface area contributed by atoms with E-state index in [0.717, 1.165) is 17.3 Å². The van der Waals surface area contributed by atoms with Crippen LogP contribution in [0.1, 0.15) is 5.56 Å². The number of nitrogens with one attached hydrogen (secondary N) is 1. The van der Waals surface area contributed by atoms with Crippen molar-refractivity contribution in [3.05, 3.63) is 64.5 Å². The van der Waals surface area contributed by atoms with Gasteiger partial charge in [-0.1, -0.05) is 18.2 Å². The molecule has 0 atom stereocenters. The first-order valence-corrected chi connectivity index (χ1v) is 10.6. The number of hydrogen-bond acceptors (Lipinski definition) is 6. The zero-order chi connectivity index (χ0) is 19.0. The molecule has 0 spiro atoms. The quantitative estimate of drug-likeness (QED) is 0.483. The van der Waals surface area contributed by atoms with Gasteiger partial charge in [0.05, 0.1) is 22.7 Å². The van der Waals surface area contributed by atoms with Crippen LogP contribution in [0.5, 0.6) is 0 Å². The molecule has 0 aliphatic heterocycles. The average molecular weight is 468 g/mol. The Kier molecular flexibility index (Phi) is 4.66. The number of nitrogens with zero attached hydrogens (tertiary/aromatic N) is 4. The molecule has 1 N–H and O–H groups in total. The summed E-state index contributed by atoms with van der Waals surface area (Å²) in [4.78, 5) is 0.0359. The third-order valence-electron chi connectivity index (χ3n) is 3.74. The van der Waals surface area contributed by atoms with E-state index in [1.807, 2.05) is 0 Å². The summed E-state index contributed by atoms with van der Waals surface area (Å²) in [5.74, 6) is -0.170. The van der Waals surface area contributed by atoms with Gasteiger partial charge in [-0.2, -0.15) is 13.8 Å². The summed E-state index contributed by atoms with van der Waals surface area (Å²) in [5, 5.41) is 4.26. The number of fused-ring (bicyclic) bond motifs is 1. The summed E-state index contributed by atoms with van der Waals surface area (Å²) < 4.78 is 51.2. The Labute approximate surface area is 166 Å². The first-order valence-electron chi connectivity index (χ1n) is 7.64. The van der Waals surface area contributed by atoms with Crippen molar-refractivity contribution in [2.24, 2.45) is 0 Å². The fourth-order valence-corrected chi connectivity index (χ4v) is 4.84. The van der Waals surface area contributed by atoms with E-state index in [0.29, 0.717) is 22.1 Å². The Hall–Kier alpha value is -2.37. The summed E-state index contributed by atoms with van der Waals surface area (Å²) in [5.41, 5.74) is 1.67. The molecule has 0 radical (unpaired) electrons. The number of aromatic nitrogens is 4. The number of hydrogen-bond donors (Lipinski definition) is 1. The maximum absolute atomic E-state index is 13.0. The zero-order valence-corrected chi connectivity index (χ0v) is 16.7. The topological polar surface area (TPSA) is 89.8 Å². The first-order chi connectivity index (χ1) is 12.9. The maximum Gasteiger partial charge on any atom is 0.265 e. The van der Waals surface area contributed by atoms with Crippen LogP contribution >= 0.6 is 27.7 Å². The molecule has 0 aliphatic carbocycles. The molecule has 0 unspecified atom stereocenters. The van der Waals surface area contributed by atoms with Gasteiger partial charge in [-0.3, -0.25) is 9.40 Å². The highest BCUT2D eigenvalue weighted by Gasteiger charge is 2.22. The van der Waals surface area contributed by atoms with E-state index in [4.69, 9.17) is 0 Å². The van der Waals surface area contributed by atoms with Gasteiger partial charge in [0.15, 0.2) is 5.82 Å². The van der Waals surface area contributed by atoms with Crippen LogP contribution in [0.25, 0.3) is 11.0 Å². The number of rotatable bonds is 5. The van der Waals surface area contributed by atoms with E-state index in [1.54, 1.807) is 35.1 Å². The fourth-order valence-electron chi connectivity index (χ4n) is 2.50. The molecule has 7 nitrogen and oxygen atoms in total. The second-order valence-electron chi connectivity index (χ2n) is 5.64. The maximum atomic E-state index is 13.0. The lowest BCUT2D eigenvalue weighted by atomic mass is 10.2. The molecular formula is C16H11BrFN5O2S2. The summed E-state index contributed by atoms with van der Waals surface area (Å²) >= 11 is 4.26. The molecule has 0 fully saturated rings. The highest BCUT2D eigenvalue weighted by Crippen LogP contribution is 2.27. The van der Waals surface area contributed by atoms with Gasteiger partial charge in [-0.05, 0) is 45.8 Å². The highest BCUT2D eigenvalue weighted by atomic mass is 79.9. The Morgan fingerprint density at radius 3 is 2.70 bits per heavy atom. The van der Waals surface area contributed by atoms with Crippen molar-refractivity contribution < 1.29 is 12.8 Å². The number of sulfonamides is 1. The fraction of sp³-hybridized carbons (Fsp3) is 0.0625. The van der Waals surface area contributed by atoms with Crippen LogP contribution in [0.3, 0.4) is 0 Å². The van der Waals surface area contributed by atoms with E-state index < -0.39 is 10.0 Å². The molecule has 4 aromatic rings. The predicted molar refractivity (Wildman–Crippen MR) is 104 cm³/mol. The third kappa shape index (κ3) is 3.70. The number of anilines is 1. The molecule has 0 aliphatic rings. The van der Waals surface area contributed by atoms with Crippen molar-refractivity contribution in [1.29, 1.82) is 0 Å². The summed E-state index contributed by atoms with van der Waals surface area (Å²) in [7, 11) is -3.90. The van der Waals surface area contributed by atoms with Crippen molar-refractivity contribution in [2.75, 3.05) is 4.72 Å². The van der Waals surface area contributed by atoms with Gasteiger partial charge in [0.25, 0.3) is 10.0 Å². The lowest BCUT2D eigenvalue weighted by Crippen LogP contribution is -2.14. The normalized spacial score (nSPS) is 11.8. The highest BCUT2D eigenvalue weighted by molar-refractivity contribution is 9.10. The molecule has 4 rings (SSSR count). The molecule has 2 heterocycles. The molecule has 11 heteroatoms. The van der Waals surface area contributed by atoms with Gasteiger partial charge in [0.2, 0.25) is 0 Å². The van der Waals surface area contributed by atoms with Crippen LogP contribution in [0.15, 0.2) is 58.0 Å². The second-order valence-corrected chi connectivity index (χ2v) is 8.68. The van der Waals surface area contributed by atoms with Crippen molar-refractivity contribution >= 4 is 54.5 Å². The Bertz CT molecular complexity index is 1220. The lowest BCUT2D eigenvalue weighted by Gasteiger charge is -2.06. The minimum absolute atomic E-state index is 0.0359. The van der Waals surface area contributed by atoms with Crippen LogP contribution in [0, 0.1) is 5.82 Å². The second kappa shape index (κ2) is 6.98. The molecule has 138 valence electrons. The van der Waals surface area contributed by atoms with Crippen LogP contribution in [0.2, 0.25) is 0 Å². The average Bonchev–Trinajstić information content (AvgIpc) is 3.23. The van der Waals surface area contributed by atoms with Crippen molar-refractivity contribution in [3.63, 3.8) is 0 Å². The molecule has 0 saturated heterocycles. The largest absolute Gasteiger partial charge is 0.265 e. The van der Waals surface area contributed by atoms with Gasteiger partial charge in [-0.15, -0.1) is 0 Å². The third-order valence-corrected chi connectivity index (χ3v) is 6.24. The Balaban J connectivity index is 1.61. The van der Waals surface area contributed by atoms with E-state index in [2.05, 4.69) is 34.5 Å². The summed E-state index contributed by atoms with van der Waals surface area (Å²) in [6, 6.07) is 10.8. The predicted octanol–water partition coefficient (Wildman–Crippen LogP) is 3.64. The standard InChI is InChI=1S/C16H11BrFN5O2S2/c17-12-9-23(8-10-4-6-11(18)7-5-10)19-16(12)22-27(24,25)14-3-1-2-13-15(14)21-26-20-13/h1-7,9H,8H2,(H,19,22). The molecule has 0 saturated carbocycles. The molecule has 0 bridgehead atoms. The molecule has 2 aromatic carbocycles. The van der Waals surface area contributed by atoms with Gasteiger partial charge >= 0.3 is 0 Å². The first kappa shape index (κ1) is 18.0. The smallest absolute Gasteiger partial charge is 0.265 e. The summed E-state index contributed by atoms with van der Waals surface area (Å²) in [6.07, 6.45) is 1.65. The summed E-state index contributed by atoms with van der Waals surface area (Å²) in [6.45, 7) is 0.367. The van der Waals surface area contributed by atoms with Crippen molar-refractivity contribution in [1.82, 2.24) is 18.5 Å². The van der Waals surface area contributed by atoms with E-state index in [9.17, 15) is 12.8 Å². The van der Waals surface area contributed by atoms with Gasteiger partial charge < -0.3 is 0 Å². The SMILES string of the molecule is O=S(=O)(Nc1nn(Cc2ccc(F)cc2)cc1Br)c1cccc2nsnc12. The minimum atomic E-state index is -3.90. The lowest BCUT2D eigenvalue weighted by molar-refractivity contribution is 0.601. The van der Waals surface area contributed by atoms with Gasteiger partial charge in [-0.25, -0.2) is 12.8 Å². The zero-order valence-electron chi connectivity index (χ0n) is 13.5. The molecular weight excluding hydrogens is 457 g/mol. The van der Waals surface area contributed by atoms with Crippen LogP contribution in [-0.4, -0.2) is 26.9 Å². The molecule has 2 aromatic heterocycles. The van der Waals surface area contributed by atoms with Crippen LogP contribution < -0.4 is 4.72 Å². The molecule has 0 amide bonds. The van der Waals surface area contributed by atoms with Gasteiger partial charge in [0.1, 0.15) is 21.7 Å². The van der Waals surface area contributed by atoms with Crippen molar-refractivity contribution in [2.45, 2.75) is 11.4 Å². The minimum Gasteiger partial charge on any atom is -0.265 e. The number of halogens is 2. The van der Waals surface area contributed by atoms with Gasteiger partial charge in [0, 0.05) is 6.20 Å². The Morgan fingerprint density at radius 1 is 1.15 bits per heavy atom. The van der Waals surface area contributed by atoms with Crippen molar-refractivity contribution in [3.8, 4) is 0 Å². The van der Waals surface area contributed by atoms with E-state index >= 15 is 0 Å². The number of benzene rings is 2. The monoisotopic (exact) mass is 467 g/mol. The van der Waals surface area contributed by atoms with E-state index in [-0.39, 0.29) is 16.5 Å². The van der Waals surface area contributed by atoms with E-state index in [1.165, 1.54) is 18.2 Å². The van der Waals surface area contributed by atoms with Crippen LogP contribution in [-0.2, 0) is 16.6 Å². The molecule has 27 heavy (non-hydrogen) atoms. The van der Waals surface area contributed by atoms with Crippen LogP contribution in [0.4, 0.5) is 10.2 Å². The Morgan fingerprint density at radius 2 is 1.93 bits per heavy atom.